The van der Waals surface area contributed by atoms with Crippen molar-refractivity contribution in [2.75, 3.05) is 13.2 Å². The lowest BCUT2D eigenvalue weighted by molar-refractivity contribution is 0.150. The minimum absolute atomic E-state index is 0.0737. The molecule has 13 heavy (non-hydrogen) atoms. The zero-order chi connectivity index (χ0) is 9.68. The lowest BCUT2D eigenvalue weighted by Crippen LogP contribution is -2.01. The quantitative estimate of drug-likeness (QED) is 0.783. The van der Waals surface area contributed by atoms with Crippen LogP contribution in [0.1, 0.15) is 12.0 Å². The number of aliphatic hydroxyl groups is 1. The van der Waals surface area contributed by atoms with Crippen molar-refractivity contribution in [3.63, 3.8) is 0 Å². The van der Waals surface area contributed by atoms with Crippen molar-refractivity contribution < 1.29 is 18.6 Å². The predicted molar refractivity (Wildman–Crippen MR) is 44.0 cm³/mol. The highest BCUT2D eigenvalue weighted by Gasteiger charge is 2.06. The van der Waals surface area contributed by atoms with Crippen LogP contribution in [0.15, 0.2) is 24.3 Å². The molecule has 1 aromatic carbocycles. The van der Waals surface area contributed by atoms with Crippen LogP contribution in [0.5, 0.6) is 5.75 Å². The van der Waals surface area contributed by atoms with E-state index in [1.807, 2.05) is 0 Å². The Bertz CT molecular complexity index is 264. The van der Waals surface area contributed by atoms with Crippen molar-refractivity contribution in [2.24, 2.45) is 0 Å². The normalized spacial score (nSPS) is 10.5. The molecule has 0 bridgehead atoms. The number of benzene rings is 1. The van der Waals surface area contributed by atoms with E-state index in [4.69, 9.17) is 9.84 Å². The van der Waals surface area contributed by atoms with Gasteiger partial charge in [0, 0.05) is 5.56 Å². The molecule has 0 heterocycles. The molecule has 1 N–H and O–H groups in total. The summed E-state index contributed by atoms with van der Waals surface area (Å²) in [6.45, 7) is -0.00834. The molecule has 4 heteroatoms. The van der Waals surface area contributed by atoms with Gasteiger partial charge in [-0.3, -0.25) is 0 Å². The number of hydrogen-bond acceptors (Lipinski definition) is 2. The van der Waals surface area contributed by atoms with E-state index < -0.39 is 6.43 Å². The van der Waals surface area contributed by atoms with Gasteiger partial charge in [-0.05, 0) is 12.1 Å². The van der Waals surface area contributed by atoms with Gasteiger partial charge in [-0.1, -0.05) is 12.1 Å². The van der Waals surface area contributed by atoms with Gasteiger partial charge in [-0.25, -0.2) is 8.78 Å². The molecule has 0 aliphatic heterocycles. The molecule has 0 radical (unpaired) electrons. The minimum atomic E-state index is -2.49. The largest absolute Gasteiger partial charge is 0.491 e. The molecule has 2 nitrogen and oxygen atoms in total. The number of aliphatic hydroxyl groups excluding tert-OH is 1. The first-order chi connectivity index (χ1) is 6.24. The fraction of sp³-hybridized carbons (Fsp3) is 0.333. The van der Waals surface area contributed by atoms with E-state index in [9.17, 15) is 8.78 Å². The summed E-state index contributed by atoms with van der Waals surface area (Å²) in [4.78, 5) is 0. The number of hydrogen-bond donors (Lipinski definition) is 1. The third-order valence-electron chi connectivity index (χ3n) is 1.47. The number of rotatable bonds is 4. The molecule has 1 aromatic rings. The Balaban J connectivity index is 2.68. The van der Waals surface area contributed by atoms with Crippen LogP contribution in [-0.2, 0) is 0 Å². The van der Waals surface area contributed by atoms with Crippen LogP contribution in [0.3, 0.4) is 0 Å². The van der Waals surface area contributed by atoms with Crippen LogP contribution in [-0.4, -0.2) is 18.3 Å². The van der Waals surface area contributed by atoms with Crippen LogP contribution < -0.4 is 4.74 Å². The molecule has 0 fully saturated rings. The first-order valence-electron chi connectivity index (χ1n) is 3.86. The summed E-state index contributed by atoms with van der Waals surface area (Å²) >= 11 is 0. The average molecular weight is 188 g/mol. The van der Waals surface area contributed by atoms with E-state index in [0.717, 1.165) is 0 Å². The smallest absolute Gasteiger partial charge is 0.263 e. The maximum atomic E-state index is 12.2. The molecule has 0 amide bonds. The number of alkyl halides is 2. The Morgan fingerprint density at radius 2 is 2.15 bits per heavy atom. The third kappa shape index (κ3) is 2.99. The molecule has 0 unspecified atom stereocenters. The lowest BCUT2D eigenvalue weighted by atomic mass is 10.2. The van der Waals surface area contributed by atoms with E-state index in [-0.39, 0.29) is 18.8 Å². The molecular formula is C9H10F2O2. The molecule has 0 spiro atoms. The van der Waals surface area contributed by atoms with Crippen molar-refractivity contribution in [3.8, 4) is 5.75 Å². The Morgan fingerprint density at radius 1 is 1.38 bits per heavy atom. The van der Waals surface area contributed by atoms with Crippen LogP contribution in [0, 0.1) is 0 Å². The summed E-state index contributed by atoms with van der Waals surface area (Å²) < 4.78 is 29.3. The Hall–Kier alpha value is -1.16. The number of ether oxygens (including phenoxy) is 1. The highest BCUT2D eigenvalue weighted by Crippen LogP contribution is 2.22. The van der Waals surface area contributed by atoms with Gasteiger partial charge in [0.25, 0.3) is 6.43 Å². The first kappa shape index (κ1) is 9.92. The zero-order valence-corrected chi connectivity index (χ0v) is 6.91. The standard InChI is InChI=1S/C9H10F2O2/c10-9(11)7-2-1-3-8(6-7)13-5-4-12/h1-3,6,9,12H,4-5H2. The van der Waals surface area contributed by atoms with E-state index in [0.29, 0.717) is 5.75 Å². The molecule has 72 valence electrons. The van der Waals surface area contributed by atoms with Gasteiger partial charge in [0.1, 0.15) is 12.4 Å². The molecular weight excluding hydrogens is 178 g/mol. The molecule has 0 saturated heterocycles. The third-order valence-corrected chi connectivity index (χ3v) is 1.47. The van der Waals surface area contributed by atoms with Crippen molar-refractivity contribution in [1.82, 2.24) is 0 Å². The molecule has 0 aliphatic rings. The maximum Gasteiger partial charge on any atom is 0.263 e. The monoisotopic (exact) mass is 188 g/mol. The second-order valence-electron chi connectivity index (χ2n) is 2.45. The van der Waals surface area contributed by atoms with Gasteiger partial charge in [0.05, 0.1) is 6.61 Å². The summed E-state index contributed by atoms with van der Waals surface area (Å²) in [5, 5.41) is 8.43. The highest BCUT2D eigenvalue weighted by atomic mass is 19.3. The van der Waals surface area contributed by atoms with Gasteiger partial charge >= 0.3 is 0 Å². The summed E-state index contributed by atoms with van der Waals surface area (Å²) in [5.74, 6) is 0.354. The molecule has 0 aliphatic carbocycles. The average Bonchev–Trinajstić information content (AvgIpc) is 2.15. The van der Waals surface area contributed by atoms with Gasteiger partial charge < -0.3 is 9.84 Å². The van der Waals surface area contributed by atoms with Gasteiger partial charge in [-0.2, -0.15) is 0 Å². The fourth-order valence-electron chi connectivity index (χ4n) is 0.904. The van der Waals surface area contributed by atoms with Gasteiger partial charge in [-0.15, -0.1) is 0 Å². The van der Waals surface area contributed by atoms with Crippen LogP contribution in [0.2, 0.25) is 0 Å². The molecule has 0 aromatic heterocycles. The molecule has 1 rings (SSSR count). The second-order valence-corrected chi connectivity index (χ2v) is 2.45. The summed E-state index contributed by atoms with van der Waals surface area (Å²) in [7, 11) is 0. The molecule has 0 atom stereocenters. The van der Waals surface area contributed by atoms with Crippen molar-refractivity contribution in [2.45, 2.75) is 6.43 Å². The topological polar surface area (TPSA) is 29.5 Å². The van der Waals surface area contributed by atoms with Crippen LogP contribution in [0.4, 0.5) is 8.78 Å². The Kier molecular flexibility index (Phi) is 3.64. The number of halogens is 2. The van der Waals surface area contributed by atoms with E-state index in [1.165, 1.54) is 18.2 Å². The van der Waals surface area contributed by atoms with E-state index in [1.54, 1.807) is 6.07 Å². The highest BCUT2D eigenvalue weighted by molar-refractivity contribution is 5.29. The SMILES string of the molecule is OCCOc1cccc(C(F)F)c1. The summed E-state index contributed by atoms with van der Waals surface area (Å²) in [6.07, 6.45) is -2.49. The van der Waals surface area contributed by atoms with E-state index >= 15 is 0 Å². The fourth-order valence-corrected chi connectivity index (χ4v) is 0.904. The minimum Gasteiger partial charge on any atom is -0.491 e. The van der Waals surface area contributed by atoms with E-state index in [2.05, 4.69) is 0 Å². The first-order valence-corrected chi connectivity index (χ1v) is 3.86. The lowest BCUT2D eigenvalue weighted by Gasteiger charge is -2.05. The van der Waals surface area contributed by atoms with Gasteiger partial charge in [0.2, 0.25) is 0 Å². The Morgan fingerprint density at radius 3 is 2.77 bits per heavy atom. The van der Waals surface area contributed by atoms with Crippen molar-refractivity contribution >= 4 is 0 Å². The van der Waals surface area contributed by atoms with Crippen LogP contribution in [0.25, 0.3) is 0 Å². The van der Waals surface area contributed by atoms with Crippen LogP contribution >= 0.6 is 0 Å². The van der Waals surface area contributed by atoms with Crippen molar-refractivity contribution in [3.05, 3.63) is 29.8 Å². The summed E-state index contributed by atoms with van der Waals surface area (Å²) in [6, 6.07) is 5.66. The van der Waals surface area contributed by atoms with Gasteiger partial charge in [0.15, 0.2) is 0 Å². The maximum absolute atomic E-state index is 12.2. The van der Waals surface area contributed by atoms with Crippen molar-refractivity contribution in [1.29, 1.82) is 0 Å². The Labute approximate surface area is 74.8 Å². The zero-order valence-electron chi connectivity index (χ0n) is 6.91. The summed E-state index contributed by atoms with van der Waals surface area (Å²) in [5.41, 5.74) is -0.0737. The molecule has 0 saturated carbocycles. The second kappa shape index (κ2) is 4.77. The predicted octanol–water partition coefficient (Wildman–Crippen LogP) is 2.00.